The van der Waals surface area contributed by atoms with Crippen molar-refractivity contribution in [2.45, 2.75) is 27.3 Å². The van der Waals surface area contributed by atoms with E-state index in [1.54, 1.807) is 0 Å². The van der Waals surface area contributed by atoms with E-state index < -0.39 is 0 Å². The molecular formula is C17H25N3O. The van der Waals surface area contributed by atoms with Crippen LogP contribution in [-0.4, -0.2) is 37.0 Å². The average molecular weight is 287 g/mol. The van der Waals surface area contributed by atoms with Gasteiger partial charge in [-0.15, -0.1) is 0 Å². The standard InChI is InChI=1S/C17H25N3O/c1-4-20(5-2)12-14-7-6-8-16(9-14)19-17(21)13(3)15-10-18-11-15/h6-9,18H,4-5,10-12H2,1-3H3,(H,19,21). The van der Waals surface area contributed by atoms with Gasteiger partial charge in [0, 0.05) is 30.9 Å². The minimum Gasteiger partial charge on any atom is -0.322 e. The molecular weight excluding hydrogens is 262 g/mol. The van der Waals surface area contributed by atoms with E-state index in [0.29, 0.717) is 0 Å². The third-order valence-corrected chi connectivity index (χ3v) is 4.03. The van der Waals surface area contributed by atoms with E-state index in [0.717, 1.165) is 44.0 Å². The van der Waals surface area contributed by atoms with E-state index in [-0.39, 0.29) is 5.91 Å². The summed E-state index contributed by atoms with van der Waals surface area (Å²) in [6.07, 6.45) is 0. The fourth-order valence-electron chi connectivity index (χ4n) is 2.35. The Morgan fingerprint density at radius 3 is 2.57 bits per heavy atom. The molecule has 114 valence electrons. The molecule has 1 aromatic carbocycles. The summed E-state index contributed by atoms with van der Waals surface area (Å²) in [6, 6.07) is 8.12. The van der Waals surface area contributed by atoms with Gasteiger partial charge in [-0.25, -0.2) is 0 Å². The minimum absolute atomic E-state index is 0.00601. The van der Waals surface area contributed by atoms with Crippen molar-refractivity contribution in [3.8, 4) is 0 Å². The summed E-state index contributed by atoms with van der Waals surface area (Å²) < 4.78 is 0. The molecule has 1 amide bonds. The first-order valence-corrected chi connectivity index (χ1v) is 7.66. The summed E-state index contributed by atoms with van der Waals surface area (Å²) in [6.45, 7) is 10.9. The lowest BCUT2D eigenvalue weighted by Gasteiger charge is -2.21. The summed E-state index contributed by atoms with van der Waals surface area (Å²) in [5.41, 5.74) is 4.14. The number of carbonyl (C=O) groups excluding carboxylic acids is 1. The van der Waals surface area contributed by atoms with Gasteiger partial charge in [0.2, 0.25) is 0 Å². The lowest BCUT2D eigenvalue weighted by molar-refractivity contribution is -0.112. The number of anilines is 1. The molecule has 1 saturated heterocycles. The lowest BCUT2D eigenvalue weighted by Crippen LogP contribution is -2.36. The van der Waals surface area contributed by atoms with E-state index in [1.165, 1.54) is 11.1 Å². The fraction of sp³-hybridized carbons (Fsp3) is 0.471. The largest absolute Gasteiger partial charge is 0.322 e. The molecule has 21 heavy (non-hydrogen) atoms. The molecule has 2 N–H and O–H groups in total. The number of carbonyl (C=O) groups is 1. The Bertz CT molecular complexity index is 527. The van der Waals surface area contributed by atoms with Gasteiger partial charge in [0.15, 0.2) is 0 Å². The number of nitrogens with one attached hydrogen (secondary N) is 2. The summed E-state index contributed by atoms with van der Waals surface area (Å²) in [5, 5.41) is 6.16. The Kier molecular flexibility index (Phi) is 5.53. The van der Waals surface area contributed by atoms with Gasteiger partial charge in [-0.05, 0) is 43.3 Å². The molecule has 2 rings (SSSR count). The number of nitrogens with zero attached hydrogens (tertiary/aromatic N) is 1. The normalized spacial score (nSPS) is 14.0. The van der Waals surface area contributed by atoms with E-state index >= 15 is 0 Å². The summed E-state index contributed by atoms with van der Waals surface area (Å²) >= 11 is 0. The first kappa shape index (κ1) is 15.7. The molecule has 1 heterocycles. The van der Waals surface area contributed by atoms with E-state index in [2.05, 4.69) is 41.5 Å². The van der Waals surface area contributed by atoms with Gasteiger partial charge in [-0.2, -0.15) is 0 Å². The molecule has 0 aromatic heterocycles. The second-order valence-corrected chi connectivity index (χ2v) is 5.45. The number of rotatable bonds is 6. The molecule has 0 bridgehead atoms. The van der Waals surface area contributed by atoms with Crippen LogP contribution in [0.3, 0.4) is 0 Å². The van der Waals surface area contributed by atoms with Crippen LogP contribution in [0.1, 0.15) is 26.3 Å². The Morgan fingerprint density at radius 2 is 2.00 bits per heavy atom. The molecule has 4 heteroatoms. The SMILES string of the molecule is CCN(CC)Cc1cccc(NC(=O)C(C)=C2CNC2)c1. The fourth-order valence-corrected chi connectivity index (χ4v) is 2.35. The summed E-state index contributed by atoms with van der Waals surface area (Å²) in [7, 11) is 0. The van der Waals surface area contributed by atoms with Crippen LogP contribution in [-0.2, 0) is 11.3 Å². The summed E-state index contributed by atoms with van der Waals surface area (Å²) in [4.78, 5) is 14.5. The van der Waals surface area contributed by atoms with E-state index in [4.69, 9.17) is 0 Å². The van der Waals surface area contributed by atoms with E-state index in [9.17, 15) is 4.79 Å². The van der Waals surface area contributed by atoms with E-state index in [1.807, 2.05) is 19.1 Å². The van der Waals surface area contributed by atoms with Crippen LogP contribution in [0, 0.1) is 0 Å². The Labute approximate surface area is 127 Å². The van der Waals surface area contributed by atoms with Crippen molar-refractivity contribution in [2.75, 3.05) is 31.5 Å². The van der Waals surface area contributed by atoms with Crippen molar-refractivity contribution in [2.24, 2.45) is 0 Å². The third kappa shape index (κ3) is 4.16. The number of hydrogen-bond acceptors (Lipinski definition) is 3. The van der Waals surface area contributed by atoms with Crippen LogP contribution in [0.5, 0.6) is 0 Å². The van der Waals surface area contributed by atoms with Crippen molar-refractivity contribution >= 4 is 11.6 Å². The number of amides is 1. The first-order chi connectivity index (χ1) is 10.1. The quantitative estimate of drug-likeness (QED) is 0.790. The molecule has 0 atom stereocenters. The molecule has 0 spiro atoms. The van der Waals surface area contributed by atoms with Crippen LogP contribution < -0.4 is 10.6 Å². The highest BCUT2D eigenvalue weighted by Gasteiger charge is 2.16. The molecule has 0 aliphatic carbocycles. The average Bonchev–Trinajstić information content (AvgIpc) is 2.43. The zero-order valence-corrected chi connectivity index (χ0v) is 13.2. The lowest BCUT2D eigenvalue weighted by atomic mass is 10.0. The second kappa shape index (κ2) is 7.38. The highest BCUT2D eigenvalue weighted by molar-refractivity contribution is 6.04. The molecule has 1 aromatic rings. The minimum atomic E-state index is 0.00601. The Morgan fingerprint density at radius 1 is 1.29 bits per heavy atom. The van der Waals surface area contributed by atoms with Gasteiger partial charge in [-0.3, -0.25) is 9.69 Å². The third-order valence-electron chi connectivity index (χ3n) is 4.03. The smallest absolute Gasteiger partial charge is 0.251 e. The van der Waals surface area contributed by atoms with Crippen LogP contribution in [0.2, 0.25) is 0 Å². The van der Waals surface area contributed by atoms with Crippen LogP contribution in [0.25, 0.3) is 0 Å². The van der Waals surface area contributed by atoms with Crippen molar-refractivity contribution in [3.05, 3.63) is 41.0 Å². The maximum atomic E-state index is 12.2. The highest BCUT2D eigenvalue weighted by atomic mass is 16.1. The predicted octanol–water partition coefficient (Wildman–Crippen LogP) is 2.39. The van der Waals surface area contributed by atoms with Crippen molar-refractivity contribution in [1.29, 1.82) is 0 Å². The van der Waals surface area contributed by atoms with Gasteiger partial charge >= 0.3 is 0 Å². The molecule has 0 radical (unpaired) electrons. The van der Waals surface area contributed by atoms with Crippen molar-refractivity contribution in [1.82, 2.24) is 10.2 Å². The van der Waals surface area contributed by atoms with Crippen molar-refractivity contribution in [3.63, 3.8) is 0 Å². The first-order valence-electron chi connectivity index (χ1n) is 7.66. The zero-order chi connectivity index (χ0) is 15.2. The molecule has 0 saturated carbocycles. The highest BCUT2D eigenvalue weighted by Crippen LogP contribution is 2.15. The Balaban J connectivity index is 2.02. The van der Waals surface area contributed by atoms with Gasteiger partial charge in [0.1, 0.15) is 0 Å². The van der Waals surface area contributed by atoms with Gasteiger partial charge in [-0.1, -0.05) is 26.0 Å². The van der Waals surface area contributed by atoms with Crippen LogP contribution in [0.4, 0.5) is 5.69 Å². The topological polar surface area (TPSA) is 44.4 Å². The van der Waals surface area contributed by atoms with Gasteiger partial charge < -0.3 is 10.6 Å². The van der Waals surface area contributed by atoms with Gasteiger partial charge in [0.25, 0.3) is 5.91 Å². The molecule has 1 aliphatic heterocycles. The van der Waals surface area contributed by atoms with Crippen LogP contribution >= 0.6 is 0 Å². The van der Waals surface area contributed by atoms with Crippen molar-refractivity contribution < 1.29 is 4.79 Å². The number of hydrogen-bond donors (Lipinski definition) is 2. The Hall–Kier alpha value is -1.65. The monoisotopic (exact) mass is 287 g/mol. The number of benzene rings is 1. The van der Waals surface area contributed by atoms with Crippen LogP contribution in [0.15, 0.2) is 35.4 Å². The van der Waals surface area contributed by atoms with Gasteiger partial charge in [0.05, 0.1) is 0 Å². The molecule has 1 aliphatic rings. The maximum absolute atomic E-state index is 12.2. The zero-order valence-electron chi connectivity index (χ0n) is 13.2. The second-order valence-electron chi connectivity index (χ2n) is 5.45. The molecule has 4 nitrogen and oxygen atoms in total. The maximum Gasteiger partial charge on any atom is 0.251 e. The summed E-state index contributed by atoms with van der Waals surface area (Å²) in [5.74, 6) is 0.00601. The molecule has 1 fully saturated rings. The molecule has 0 unspecified atom stereocenters. The predicted molar refractivity (Wildman–Crippen MR) is 87.3 cm³/mol.